The quantitative estimate of drug-likeness (QED) is 0.819. The molecular formula is C16H22BrN3O. The van der Waals surface area contributed by atoms with Crippen LogP contribution in [-0.2, 0) is 0 Å². The lowest BCUT2D eigenvalue weighted by Crippen LogP contribution is -2.32. The van der Waals surface area contributed by atoms with Crippen molar-refractivity contribution in [2.75, 3.05) is 25.4 Å². The third-order valence-electron chi connectivity index (χ3n) is 4.59. The second-order valence-electron chi connectivity index (χ2n) is 6.26. The first kappa shape index (κ1) is 14.9. The minimum atomic E-state index is -0.0228. The van der Waals surface area contributed by atoms with E-state index in [4.69, 9.17) is 5.73 Å². The fraction of sp³-hybridized carbons (Fsp3) is 0.562. The molecule has 1 amide bonds. The Morgan fingerprint density at radius 3 is 2.90 bits per heavy atom. The summed E-state index contributed by atoms with van der Waals surface area (Å²) in [6, 6.07) is 4.50. The van der Waals surface area contributed by atoms with E-state index in [0.29, 0.717) is 17.2 Å². The van der Waals surface area contributed by atoms with Crippen molar-refractivity contribution < 1.29 is 4.79 Å². The standard InChI is InChI=1S/C16H22BrN3O/c1-10-14(6-12(17)7-15(10)18)16(21)19-8-11-4-5-20(9-11)13-2-3-13/h6-7,11,13H,2-5,8-9,18H2,1H3,(H,19,21). The number of nitrogens with one attached hydrogen (secondary N) is 1. The fourth-order valence-electron chi connectivity index (χ4n) is 3.07. The van der Waals surface area contributed by atoms with Crippen molar-refractivity contribution in [2.45, 2.75) is 32.2 Å². The average molecular weight is 352 g/mol. The molecule has 1 unspecified atom stereocenters. The van der Waals surface area contributed by atoms with E-state index in [2.05, 4.69) is 26.1 Å². The fourth-order valence-corrected chi connectivity index (χ4v) is 3.54. The molecule has 1 heterocycles. The minimum Gasteiger partial charge on any atom is -0.398 e. The van der Waals surface area contributed by atoms with Gasteiger partial charge in [0.1, 0.15) is 0 Å². The molecule has 114 valence electrons. The lowest BCUT2D eigenvalue weighted by molar-refractivity contribution is 0.0946. The van der Waals surface area contributed by atoms with Crippen LogP contribution in [0, 0.1) is 12.8 Å². The van der Waals surface area contributed by atoms with Crippen LogP contribution in [0.1, 0.15) is 35.2 Å². The van der Waals surface area contributed by atoms with Crippen LogP contribution >= 0.6 is 15.9 Å². The van der Waals surface area contributed by atoms with E-state index in [-0.39, 0.29) is 5.91 Å². The Labute approximate surface area is 134 Å². The molecule has 3 N–H and O–H groups in total. The Balaban J connectivity index is 1.57. The third kappa shape index (κ3) is 3.40. The summed E-state index contributed by atoms with van der Waals surface area (Å²) >= 11 is 3.40. The molecule has 0 bridgehead atoms. The number of benzene rings is 1. The van der Waals surface area contributed by atoms with Gasteiger partial charge >= 0.3 is 0 Å². The Morgan fingerprint density at radius 2 is 2.19 bits per heavy atom. The van der Waals surface area contributed by atoms with Gasteiger partial charge in [-0.3, -0.25) is 4.79 Å². The lowest BCUT2D eigenvalue weighted by Gasteiger charge is -2.16. The lowest BCUT2D eigenvalue weighted by atomic mass is 10.1. The van der Waals surface area contributed by atoms with E-state index >= 15 is 0 Å². The zero-order valence-corrected chi connectivity index (χ0v) is 13.9. The van der Waals surface area contributed by atoms with Gasteiger partial charge in [0.25, 0.3) is 5.91 Å². The summed E-state index contributed by atoms with van der Waals surface area (Å²) in [6.07, 6.45) is 3.90. The zero-order chi connectivity index (χ0) is 15.0. The maximum absolute atomic E-state index is 12.4. The summed E-state index contributed by atoms with van der Waals surface area (Å²) in [7, 11) is 0. The van der Waals surface area contributed by atoms with Gasteiger partial charge in [-0.05, 0) is 56.3 Å². The summed E-state index contributed by atoms with van der Waals surface area (Å²) in [4.78, 5) is 14.9. The highest BCUT2D eigenvalue weighted by molar-refractivity contribution is 9.10. The summed E-state index contributed by atoms with van der Waals surface area (Å²) in [5.74, 6) is 0.560. The molecule has 1 saturated heterocycles. The minimum absolute atomic E-state index is 0.0228. The van der Waals surface area contributed by atoms with Gasteiger partial charge in [-0.2, -0.15) is 0 Å². The molecule has 2 fully saturated rings. The molecule has 4 nitrogen and oxygen atoms in total. The van der Waals surface area contributed by atoms with E-state index in [1.165, 1.54) is 25.8 Å². The van der Waals surface area contributed by atoms with E-state index in [1.54, 1.807) is 0 Å². The summed E-state index contributed by atoms with van der Waals surface area (Å²) in [5.41, 5.74) is 8.08. The van der Waals surface area contributed by atoms with Crippen LogP contribution in [0.3, 0.4) is 0 Å². The topological polar surface area (TPSA) is 58.4 Å². The van der Waals surface area contributed by atoms with Crippen molar-refractivity contribution in [3.63, 3.8) is 0 Å². The number of halogens is 1. The first-order valence-corrected chi connectivity index (χ1v) is 8.41. The molecule has 2 aliphatic rings. The number of nitrogen functional groups attached to an aromatic ring is 1. The van der Waals surface area contributed by atoms with Crippen molar-refractivity contribution in [3.05, 3.63) is 27.7 Å². The van der Waals surface area contributed by atoms with E-state index < -0.39 is 0 Å². The number of carbonyl (C=O) groups is 1. The number of nitrogens with zero attached hydrogens (tertiary/aromatic N) is 1. The van der Waals surface area contributed by atoms with Crippen LogP contribution in [0.5, 0.6) is 0 Å². The van der Waals surface area contributed by atoms with Crippen molar-refractivity contribution in [1.29, 1.82) is 0 Å². The molecule has 0 spiro atoms. The first-order chi connectivity index (χ1) is 10.0. The SMILES string of the molecule is Cc1c(N)cc(Br)cc1C(=O)NCC1CCN(C2CC2)C1. The Kier molecular flexibility index (Phi) is 4.22. The number of hydrogen-bond donors (Lipinski definition) is 2. The van der Waals surface area contributed by atoms with Crippen LogP contribution in [0.2, 0.25) is 0 Å². The number of hydrogen-bond acceptors (Lipinski definition) is 3. The van der Waals surface area contributed by atoms with Crippen LogP contribution in [0.15, 0.2) is 16.6 Å². The Morgan fingerprint density at radius 1 is 1.43 bits per heavy atom. The van der Waals surface area contributed by atoms with Crippen molar-refractivity contribution >= 4 is 27.5 Å². The van der Waals surface area contributed by atoms with Gasteiger partial charge in [0.2, 0.25) is 0 Å². The largest absolute Gasteiger partial charge is 0.398 e. The van der Waals surface area contributed by atoms with E-state index in [9.17, 15) is 4.79 Å². The molecule has 1 aromatic carbocycles. The van der Waals surface area contributed by atoms with Crippen molar-refractivity contribution in [2.24, 2.45) is 5.92 Å². The number of carbonyl (C=O) groups excluding carboxylic acids is 1. The number of anilines is 1. The monoisotopic (exact) mass is 351 g/mol. The van der Waals surface area contributed by atoms with Gasteiger partial charge in [0, 0.05) is 34.9 Å². The highest BCUT2D eigenvalue weighted by Crippen LogP contribution is 2.31. The highest BCUT2D eigenvalue weighted by Gasteiger charge is 2.34. The number of nitrogens with two attached hydrogens (primary N) is 1. The van der Waals surface area contributed by atoms with Gasteiger partial charge in [-0.15, -0.1) is 0 Å². The first-order valence-electron chi connectivity index (χ1n) is 7.62. The number of rotatable bonds is 4. The molecule has 3 rings (SSSR count). The Bertz CT molecular complexity index is 557. The summed E-state index contributed by atoms with van der Waals surface area (Å²) in [6.45, 7) is 4.97. The van der Waals surface area contributed by atoms with E-state index in [0.717, 1.165) is 29.2 Å². The van der Waals surface area contributed by atoms with Gasteiger partial charge in [-0.25, -0.2) is 0 Å². The van der Waals surface area contributed by atoms with Crippen LogP contribution < -0.4 is 11.1 Å². The molecule has 21 heavy (non-hydrogen) atoms. The van der Waals surface area contributed by atoms with E-state index in [1.807, 2.05) is 19.1 Å². The molecule has 1 saturated carbocycles. The van der Waals surface area contributed by atoms with Gasteiger partial charge in [0.05, 0.1) is 0 Å². The summed E-state index contributed by atoms with van der Waals surface area (Å²) < 4.78 is 0.844. The van der Waals surface area contributed by atoms with Gasteiger partial charge in [0.15, 0.2) is 0 Å². The smallest absolute Gasteiger partial charge is 0.251 e. The van der Waals surface area contributed by atoms with Crippen LogP contribution in [0.4, 0.5) is 5.69 Å². The van der Waals surface area contributed by atoms with Gasteiger partial charge in [-0.1, -0.05) is 15.9 Å². The molecule has 5 heteroatoms. The second-order valence-corrected chi connectivity index (χ2v) is 7.17. The zero-order valence-electron chi connectivity index (χ0n) is 12.4. The van der Waals surface area contributed by atoms with Gasteiger partial charge < -0.3 is 16.0 Å². The molecular weight excluding hydrogens is 330 g/mol. The maximum atomic E-state index is 12.4. The van der Waals surface area contributed by atoms with Crippen LogP contribution in [0.25, 0.3) is 0 Å². The van der Waals surface area contributed by atoms with Crippen molar-refractivity contribution in [1.82, 2.24) is 10.2 Å². The molecule has 1 atom stereocenters. The third-order valence-corrected chi connectivity index (χ3v) is 5.05. The van der Waals surface area contributed by atoms with Crippen LogP contribution in [-0.4, -0.2) is 36.5 Å². The predicted molar refractivity (Wildman–Crippen MR) is 88.3 cm³/mol. The highest BCUT2D eigenvalue weighted by atomic mass is 79.9. The molecule has 0 aromatic heterocycles. The number of likely N-dealkylation sites (tertiary alicyclic amines) is 1. The maximum Gasteiger partial charge on any atom is 0.251 e. The average Bonchev–Trinajstić information content (AvgIpc) is 3.19. The second kappa shape index (κ2) is 5.97. The molecule has 1 aliphatic heterocycles. The Hall–Kier alpha value is -1.07. The normalized spacial score (nSPS) is 22.5. The number of amides is 1. The summed E-state index contributed by atoms with van der Waals surface area (Å²) in [5, 5.41) is 3.07. The van der Waals surface area contributed by atoms with Crippen molar-refractivity contribution in [3.8, 4) is 0 Å². The molecule has 1 aliphatic carbocycles. The molecule has 1 aromatic rings. The predicted octanol–water partition coefficient (Wildman–Crippen LogP) is 2.55. The molecule has 0 radical (unpaired) electrons.